The predicted octanol–water partition coefficient (Wildman–Crippen LogP) is 1.80. The van der Waals surface area contributed by atoms with Crippen LogP contribution in [0.4, 0.5) is 5.69 Å². The van der Waals surface area contributed by atoms with E-state index in [9.17, 15) is 8.42 Å². The first-order chi connectivity index (χ1) is 15.5. The van der Waals surface area contributed by atoms with Crippen LogP contribution in [-0.2, 0) is 21.2 Å². The number of morpholine rings is 1. The van der Waals surface area contributed by atoms with Crippen molar-refractivity contribution in [2.75, 3.05) is 64.6 Å². The van der Waals surface area contributed by atoms with Gasteiger partial charge in [-0.15, -0.1) is 0 Å². The third-order valence-corrected chi connectivity index (χ3v) is 7.81. The summed E-state index contributed by atoms with van der Waals surface area (Å²) >= 11 is 0. The molecule has 1 atom stereocenters. The molecule has 1 fully saturated rings. The highest BCUT2D eigenvalue weighted by atomic mass is 32.2. The van der Waals surface area contributed by atoms with Gasteiger partial charge in [0, 0.05) is 51.0 Å². The highest BCUT2D eigenvalue weighted by Crippen LogP contribution is 2.33. The van der Waals surface area contributed by atoms with Crippen LogP contribution in [0.15, 0.2) is 41.3 Å². The smallest absolute Gasteiger partial charge is 0.240 e. The number of anilines is 1. The molecule has 9 heteroatoms. The normalized spacial score (nSPS) is 19.6. The Morgan fingerprint density at radius 2 is 1.75 bits per heavy atom. The predicted molar refractivity (Wildman–Crippen MR) is 121 cm³/mol. The average molecular weight is 460 g/mol. The monoisotopic (exact) mass is 459 g/mol. The molecule has 0 bridgehead atoms. The maximum absolute atomic E-state index is 13.1. The van der Waals surface area contributed by atoms with E-state index in [1.54, 1.807) is 12.1 Å². The molecular weight excluding hydrogens is 430 g/mol. The number of fused-ring (bicyclic) bond motifs is 2. The zero-order chi connectivity index (χ0) is 22.1. The zero-order valence-corrected chi connectivity index (χ0v) is 19.1. The second-order valence-corrected chi connectivity index (χ2v) is 10.1. The molecule has 2 aromatic carbocycles. The number of rotatable bonds is 6. The van der Waals surface area contributed by atoms with E-state index in [0.29, 0.717) is 37.9 Å². The summed E-state index contributed by atoms with van der Waals surface area (Å²) in [7, 11) is -1.60. The fraction of sp³-hybridized carbons (Fsp3) is 0.478. The Balaban J connectivity index is 1.38. The lowest BCUT2D eigenvalue weighted by Gasteiger charge is -2.35. The number of nitrogens with one attached hydrogen (secondary N) is 1. The molecule has 3 aliphatic heterocycles. The van der Waals surface area contributed by atoms with Crippen molar-refractivity contribution in [3.8, 4) is 11.5 Å². The number of likely N-dealkylation sites (N-methyl/N-ethyl adjacent to an activating group) is 1. The number of hydrogen-bond donors (Lipinski definition) is 1. The fourth-order valence-corrected chi connectivity index (χ4v) is 5.66. The lowest BCUT2D eigenvalue weighted by Crippen LogP contribution is -2.43. The fourth-order valence-electron chi connectivity index (χ4n) is 4.60. The molecule has 32 heavy (non-hydrogen) atoms. The first-order valence-electron chi connectivity index (χ1n) is 11.1. The van der Waals surface area contributed by atoms with E-state index < -0.39 is 10.0 Å². The van der Waals surface area contributed by atoms with Gasteiger partial charge in [0.15, 0.2) is 11.5 Å². The Morgan fingerprint density at radius 1 is 0.969 bits per heavy atom. The van der Waals surface area contributed by atoms with Crippen molar-refractivity contribution in [1.29, 1.82) is 0 Å². The third kappa shape index (κ3) is 4.30. The van der Waals surface area contributed by atoms with Crippen molar-refractivity contribution < 1.29 is 22.6 Å². The van der Waals surface area contributed by atoms with Gasteiger partial charge in [0.05, 0.1) is 18.1 Å². The van der Waals surface area contributed by atoms with Gasteiger partial charge in [0.1, 0.15) is 13.2 Å². The lowest BCUT2D eigenvalue weighted by molar-refractivity contribution is 0.0172. The molecule has 8 nitrogen and oxygen atoms in total. The second kappa shape index (κ2) is 8.90. The number of benzene rings is 2. The molecule has 0 spiro atoms. The molecule has 0 aliphatic carbocycles. The minimum Gasteiger partial charge on any atom is -0.486 e. The van der Waals surface area contributed by atoms with E-state index in [2.05, 4.69) is 39.8 Å². The van der Waals surface area contributed by atoms with Gasteiger partial charge in [-0.1, -0.05) is 12.1 Å². The van der Waals surface area contributed by atoms with Crippen LogP contribution in [0.1, 0.15) is 17.2 Å². The van der Waals surface area contributed by atoms with Crippen molar-refractivity contribution in [3.63, 3.8) is 0 Å². The summed E-state index contributed by atoms with van der Waals surface area (Å²) in [4.78, 5) is 4.74. The molecule has 0 saturated carbocycles. The van der Waals surface area contributed by atoms with Crippen molar-refractivity contribution in [2.45, 2.75) is 17.4 Å². The van der Waals surface area contributed by atoms with E-state index in [0.717, 1.165) is 31.6 Å². The third-order valence-electron chi connectivity index (χ3n) is 6.39. The molecule has 3 aliphatic rings. The van der Waals surface area contributed by atoms with Crippen LogP contribution in [0.3, 0.4) is 0 Å². The number of ether oxygens (including phenoxy) is 3. The van der Waals surface area contributed by atoms with Crippen LogP contribution in [0.5, 0.6) is 11.5 Å². The minimum absolute atomic E-state index is 0.0675. The summed E-state index contributed by atoms with van der Waals surface area (Å²) in [6.07, 6.45) is 1.01. The summed E-state index contributed by atoms with van der Waals surface area (Å²) in [5.74, 6) is 1.04. The van der Waals surface area contributed by atoms with Gasteiger partial charge in [0.25, 0.3) is 0 Å². The summed E-state index contributed by atoms with van der Waals surface area (Å²) in [6.45, 7) is 5.02. The largest absolute Gasteiger partial charge is 0.486 e. The molecule has 5 rings (SSSR count). The Labute approximate surface area is 189 Å². The lowest BCUT2D eigenvalue weighted by atomic mass is 10.0. The topological polar surface area (TPSA) is 80.3 Å². The minimum atomic E-state index is -3.71. The van der Waals surface area contributed by atoms with E-state index in [4.69, 9.17) is 14.2 Å². The summed E-state index contributed by atoms with van der Waals surface area (Å²) in [5.41, 5.74) is 3.70. The molecule has 3 heterocycles. The molecule has 1 saturated heterocycles. The first-order valence-corrected chi connectivity index (χ1v) is 12.5. The summed E-state index contributed by atoms with van der Waals surface area (Å²) in [6, 6.07) is 11.2. The molecule has 0 aromatic heterocycles. The van der Waals surface area contributed by atoms with Crippen LogP contribution in [0, 0.1) is 0 Å². The van der Waals surface area contributed by atoms with Gasteiger partial charge in [-0.05, 0) is 35.7 Å². The number of sulfonamides is 1. The van der Waals surface area contributed by atoms with Crippen molar-refractivity contribution in [2.24, 2.45) is 0 Å². The molecule has 0 radical (unpaired) electrons. The number of nitrogens with zero attached hydrogens (tertiary/aromatic N) is 2. The molecule has 1 N–H and O–H groups in total. The van der Waals surface area contributed by atoms with Gasteiger partial charge >= 0.3 is 0 Å². The highest BCUT2D eigenvalue weighted by molar-refractivity contribution is 7.89. The second-order valence-electron chi connectivity index (χ2n) is 8.38. The number of hydrogen-bond acceptors (Lipinski definition) is 7. The molecule has 2 aromatic rings. The first kappa shape index (κ1) is 21.5. The van der Waals surface area contributed by atoms with Crippen LogP contribution < -0.4 is 19.1 Å². The van der Waals surface area contributed by atoms with Crippen molar-refractivity contribution >= 4 is 15.7 Å². The highest BCUT2D eigenvalue weighted by Gasteiger charge is 2.27. The van der Waals surface area contributed by atoms with Gasteiger partial charge < -0.3 is 19.1 Å². The Kier molecular flexibility index (Phi) is 5.98. The van der Waals surface area contributed by atoms with E-state index in [1.807, 2.05) is 0 Å². The standard InChI is InChI=1S/C23H29N3O5S/c1-25-7-6-18-14-17(2-4-20(18)25)21(26-8-10-29-11-9-26)16-24-32(27,28)19-3-5-22-23(15-19)31-13-12-30-22/h2-5,14-15,21,24H,6-13,16H2,1H3/t21-/m0/s1. The van der Waals surface area contributed by atoms with Crippen LogP contribution in [-0.4, -0.2) is 73.0 Å². The van der Waals surface area contributed by atoms with Crippen molar-refractivity contribution in [1.82, 2.24) is 9.62 Å². The Hall–Kier alpha value is -2.33. The van der Waals surface area contributed by atoms with E-state index >= 15 is 0 Å². The molecule has 0 amide bonds. The average Bonchev–Trinajstić information content (AvgIpc) is 3.19. The maximum atomic E-state index is 13.1. The molecule has 0 unspecified atom stereocenters. The zero-order valence-electron chi connectivity index (χ0n) is 18.2. The quantitative estimate of drug-likeness (QED) is 0.706. The van der Waals surface area contributed by atoms with Crippen LogP contribution >= 0.6 is 0 Å². The summed E-state index contributed by atoms with van der Waals surface area (Å²) in [5, 5.41) is 0. The molecule has 172 valence electrons. The van der Waals surface area contributed by atoms with Gasteiger partial charge in [0.2, 0.25) is 10.0 Å². The maximum Gasteiger partial charge on any atom is 0.240 e. The van der Waals surface area contributed by atoms with Gasteiger partial charge in [-0.2, -0.15) is 0 Å². The molecular formula is C23H29N3O5S. The van der Waals surface area contributed by atoms with Crippen LogP contribution in [0.25, 0.3) is 0 Å². The van der Waals surface area contributed by atoms with Crippen LogP contribution in [0.2, 0.25) is 0 Å². The van der Waals surface area contributed by atoms with E-state index in [-0.39, 0.29) is 17.5 Å². The van der Waals surface area contributed by atoms with Gasteiger partial charge in [-0.25, -0.2) is 13.1 Å². The van der Waals surface area contributed by atoms with E-state index in [1.165, 1.54) is 17.3 Å². The van der Waals surface area contributed by atoms with Gasteiger partial charge in [-0.3, -0.25) is 4.90 Å². The summed E-state index contributed by atoms with van der Waals surface area (Å²) < 4.78 is 45.7. The van der Waals surface area contributed by atoms with Crippen molar-refractivity contribution in [3.05, 3.63) is 47.5 Å². The SMILES string of the molecule is CN1CCc2cc([C@H](CNS(=O)(=O)c3ccc4c(c3)OCCO4)N3CCOCC3)ccc21. The Morgan fingerprint density at radius 3 is 2.56 bits per heavy atom. The Bertz CT molecular complexity index is 1090.